The summed E-state index contributed by atoms with van der Waals surface area (Å²) < 4.78 is 0. The Balaban J connectivity index is 2.44. The van der Waals surface area contributed by atoms with Crippen LogP contribution in [-0.4, -0.2) is 0 Å². The number of aryl methyl sites for hydroxylation is 1. The van der Waals surface area contributed by atoms with Gasteiger partial charge in [0.2, 0.25) is 0 Å². The Bertz CT molecular complexity index is 1160. The first-order chi connectivity index (χ1) is 13.7. The molecule has 0 bridgehead atoms. The van der Waals surface area contributed by atoms with Gasteiger partial charge in [-0.05, 0) is 37.8 Å². The Morgan fingerprint density at radius 3 is 1.46 bits per heavy atom. The third-order valence-electron chi connectivity index (χ3n) is 4.39. The van der Waals surface area contributed by atoms with E-state index in [1.165, 1.54) is 0 Å². The van der Waals surface area contributed by atoms with Crippen molar-refractivity contribution in [2.24, 2.45) is 0 Å². The lowest BCUT2D eigenvalue weighted by atomic mass is 10.1. The fraction of sp³-hybridized carbons (Fsp3) is 0.0435. The zero-order valence-corrected chi connectivity index (χ0v) is 15.9. The van der Waals surface area contributed by atoms with E-state index >= 15 is 0 Å². The zero-order chi connectivity index (χ0) is 20.1. The van der Waals surface area contributed by atoms with Crippen LogP contribution in [0.4, 0.5) is 0 Å². The Labute approximate surface area is 164 Å². The number of benzene rings is 3. The molecule has 130 valence electrons. The van der Waals surface area contributed by atoms with Crippen LogP contribution < -0.4 is 15.9 Å². The van der Waals surface area contributed by atoms with Crippen molar-refractivity contribution in [1.29, 1.82) is 21.0 Å². The molecule has 0 saturated carbocycles. The molecule has 28 heavy (non-hydrogen) atoms. The van der Waals surface area contributed by atoms with Gasteiger partial charge < -0.3 is 0 Å². The number of hydrogen-bond donors (Lipinski definition) is 0. The first kappa shape index (κ1) is 18.8. The number of nitriles is 4. The van der Waals surface area contributed by atoms with E-state index in [0.717, 1.165) is 10.9 Å². The van der Waals surface area contributed by atoms with Gasteiger partial charge in [-0.1, -0.05) is 48.5 Å². The van der Waals surface area contributed by atoms with Crippen molar-refractivity contribution in [2.45, 2.75) is 6.92 Å². The van der Waals surface area contributed by atoms with Crippen LogP contribution in [0.2, 0.25) is 0 Å². The minimum atomic E-state index is -1.31. The summed E-state index contributed by atoms with van der Waals surface area (Å²) in [4.78, 5) is 0. The smallest absolute Gasteiger partial charge is 0.101 e. The second-order valence-electron chi connectivity index (χ2n) is 5.97. The average Bonchev–Trinajstić information content (AvgIpc) is 2.74. The molecule has 0 spiro atoms. The molecule has 0 heterocycles. The van der Waals surface area contributed by atoms with Crippen molar-refractivity contribution in [1.82, 2.24) is 0 Å². The molecule has 3 aromatic rings. The lowest BCUT2D eigenvalue weighted by Gasteiger charge is -2.23. The van der Waals surface area contributed by atoms with Crippen molar-refractivity contribution >= 4 is 23.8 Å². The van der Waals surface area contributed by atoms with E-state index in [1.807, 2.05) is 43.3 Å². The molecule has 5 heteroatoms. The van der Waals surface area contributed by atoms with E-state index < -0.39 is 7.92 Å². The summed E-state index contributed by atoms with van der Waals surface area (Å²) in [5.74, 6) is 0. The van der Waals surface area contributed by atoms with Crippen molar-refractivity contribution < 1.29 is 0 Å². The Hall–Kier alpha value is -3.95. The molecule has 0 aliphatic heterocycles. The molecule has 4 nitrogen and oxygen atoms in total. The van der Waals surface area contributed by atoms with Crippen LogP contribution in [-0.2, 0) is 0 Å². The average molecular weight is 376 g/mol. The lowest BCUT2D eigenvalue weighted by molar-refractivity contribution is 1.44. The van der Waals surface area contributed by atoms with E-state index in [1.54, 1.807) is 24.3 Å². The van der Waals surface area contributed by atoms with Gasteiger partial charge in [0.25, 0.3) is 0 Å². The van der Waals surface area contributed by atoms with Gasteiger partial charge in [0.05, 0.1) is 22.3 Å². The maximum Gasteiger partial charge on any atom is 0.101 e. The van der Waals surface area contributed by atoms with Gasteiger partial charge in [-0.2, -0.15) is 21.0 Å². The van der Waals surface area contributed by atoms with E-state index in [9.17, 15) is 21.0 Å². The zero-order valence-electron chi connectivity index (χ0n) is 15.0. The molecule has 0 unspecified atom stereocenters. The summed E-state index contributed by atoms with van der Waals surface area (Å²) in [6.45, 7) is 1.98. The molecule has 0 aromatic heterocycles. The molecule has 0 atom stereocenters. The highest BCUT2D eigenvalue weighted by Gasteiger charge is 2.26. The molecular formula is C23H13N4P. The summed E-state index contributed by atoms with van der Waals surface area (Å²) in [6.07, 6.45) is 0. The number of nitrogens with zero attached hydrogens (tertiary/aromatic N) is 4. The first-order valence-electron chi connectivity index (χ1n) is 8.38. The van der Waals surface area contributed by atoms with Crippen molar-refractivity contribution in [3.8, 4) is 24.3 Å². The van der Waals surface area contributed by atoms with Crippen molar-refractivity contribution in [3.63, 3.8) is 0 Å². The van der Waals surface area contributed by atoms with Crippen LogP contribution in [0.25, 0.3) is 0 Å². The van der Waals surface area contributed by atoms with Crippen LogP contribution in [0, 0.1) is 52.2 Å². The summed E-state index contributed by atoms with van der Waals surface area (Å²) in [7, 11) is -1.31. The van der Waals surface area contributed by atoms with Crippen LogP contribution >= 0.6 is 7.92 Å². The van der Waals surface area contributed by atoms with Crippen LogP contribution in [0.5, 0.6) is 0 Å². The lowest BCUT2D eigenvalue weighted by Crippen LogP contribution is -2.27. The molecule has 3 rings (SSSR count). The van der Waals surface area contributed by atoms with Crippen LogP contribution in [0.1, 0.15) is 27.8 Å². The van der Waals surface area contributed by atoms with Gasteiger partial charge in [-0.3, -0.25) is 0 Å². The van der Waals surface area contributed by atoms with E-state index in [2.05, 4.69) is 24.3 Å². The largest absolute Gasteiger partial charge is 0.192 e. The third-order valence-corrected chi connectivity index (χ3v) is 7.08. The number of hydrogen-bond acceptors (Lipinski definition) is 4. The third kappa shape index (κ3) is 3.22. The van der Waals surface area contributed by atoms with Gasteiger partial charge in [-0.25, -0.2) is 0 Å². The minimum Gasteiger partial charge on any atom is -0.192 e. The predicted octanol–water partition coefficient (Wildman–Crippen LogP) is 3.24. The first-order valence-corrected chi connectivity index (χ1v) is 9.72. The standard InChI is InChI=1S/C23H13N4P/c1-16-6-2-3-9-21(16)28(22-10-4-7-17(12-24)19(22)14-26)23-11-5-8-18(13-25)20(23)15-27/h2-11H,1H3. The van der Waals surface area contributed by atoms with Crippen molar-refractivity contribution in [3.05, 3.63) is 88.5 Å². The molecule has 3 aromatic carbocycles. The van der Waals surface area contributed by atoms with Crippen LogP contribution in [0.15, 0.2) is 60.7 Å². The molecule has 0 amide bonds. The predicted molar refractivity (Wildman–Crippen MR) is 109 cm³/mol. The highest BCUT2D eigenvalue weighted by Crippen LogP contribution is 2.37. The molecular weight excluding hydrogens is 363 g/mol. The van der Waals surface area contributed by atoms with Gasteiger partial charge in [-0.15, -0.1) is 0 Å². The van der Waals surface area contributed by atoms with E-state index in [-0.39, 0.29) is 0 Å². The quantitative estimate of drug-likeness (QED) is 0.656. The minimum absolute atomic E-state index is 0.302. The van der Waals surface area contributed by atoms with E-state index in [4.69, 9.17) is 0 Å². The summed E-state index contributed by atoms with van der Waals surface area (Å²) in [5.41, 5.74) is 2.24. The molecule has 0 N–H and O–H groups in total. The second-order valence-corrected chi connectivity index (χ2v) is 8.08. The number of rotatable bonds is 3. The van der Waals surface area contributed by atoms with Crippen LogP contribution in [0.3, 0.4) is 0 Å². The van der Waals surface area contributed by atoms with E-state index in [0.29, 0.717) is 32.9 Å². The molecule has 0 fully saturated rings. The molecule has 0 radical (unpaired) electrons. The molecule has 0 saturated heterocycles. The molecule has 0 aliphatic rings. The Morgan fingerprint density at radius 1 is 0.571 bits per heavy atom. The van der Waals surface area contributed by atoms with Gasteiger partial charge in [0.15, 0.2) is 0 Å². The monoisotopic (exact) mass is 376 g/mol. The normalized spacial score (nSPS) is 9.79. The highest BCUT2D eigenvalue weighted by molar-refractivity contribution is 7.80. The van der Waals surface area contributed by atoms with Gasteiger partial charge in [0.1, 0.15) is 24.3 Å². The van der Waals surface area contributed by atoms with Gasteiger partial charge in [0, 0.05) is 10.6 Å². The maximum absolute atomic E-state index is 9.76. The second kappa shape index (κ2) is 8.16. The topological polar surface area (TPSA) is 95.2 Å². The summed E-state index contributed by atoms with van der Waals surface area (Å²) in [6, 6.07) is 26.7. The fourth-order valence-corrected chi connectivity index (χ4v) is 5.78. The molecule has 0 aliphatic carbocycles. The Kier molecular flexibility index (Phi) is 5.49. The highest BCUT2D eigenvalue weighted by atomic mass is 31.1. The van der Waals surface area contributed by atoms with Gasteiger partial charge >= 0.3 is 0 Å². The summed E-state index contributed by atoms with van der Waals surface area (Å²) >= 11 is 0. The fourth-order valence-electron chi connectivity index (χ4n) is 3.08. The summed E-state index contributed by atoms with van der Waals surface area (Å²) in [5, 5.41) is 40.8. The van der Waals surface area contributed by atoms with Crippen molar-refractivity contribution in [2.75, 3.05) is 0 Å². The Morgan fingerprint density at radius 2 is 1.04 bits per heavy atom. The SMILES string of the molecule is Cc1ccccc1P(c1cccc(C#N)c1C#N)c1cccc(C#N)c1C#N. The maximum atomic E-state index is 9.76.